The Hall–Kier alpha value is -2.63. The maximum Gasteiger partial charge on any atom is 0.321 e. The van der Waals surface area contributed by atoms with Gasteiger partial charge in [-0.15, -0.1) is 0 Å². The highest BCUT2D eigenvalue weighted by molar-refractivity contribution is 5.89. The second-order valence-corrected chi connectivity index (χ2v) is 4.67. The Morgan fingerprint density at radius 1 is 1.14 bits per heavy atom. The molecule has 0 aliphatic rings. The highest BCUT2D eigenvalue weighted by Gasteiger charge is 2.10. The van der Waals surface area contributed by atoms with Gasteiger partial charge in [0.15, 0.2) is 0 Å². The molecule has 0 heterocycles. The van der Waals surface area contributed by atoms with Gasteiger partial charge < -0.3 is 15.0 Å². The number of urea groups is 1. The molecule has 0 saturated carbocycles. The molecule has 0 fully saturated rings. The van der Waals surface area contributed by atoms with Crippen LogP contribution in [0.3, 0.4) is 0 Å². The molecule has 0 unspecified atom stereocenters. The quantitative estimate of drug-likeness (QED) is 0.918. The number of amides is 2. The number of hydrogen-bond donors (Lipinski definition) is 1. The highest BCUT2D eigenvalue weighted by Crippen LogP contribution is 2.13. The Labute approximate surface area is 127 Å². The van der Waals surface area contributed by atoms with Gasteiger partial charge in [0.1, 0.15) is 24.0 Å². The molecule has 0 spiro atoms. The minimum absolute atomic E-state index is 0.0679. The zero-order chi connectivity index (χ0) is 15.9. The Morgan fingerprint density at radius 3 is 2.41 bits per heavy atom. The summed E-state index contributed by atoms with van der Waals surface area (Å²) in [6.45, 7) is 0.643. The lowest BCUT2D eigenvalue weighted by Gasteiger charge is -2.18. The average Bonchev–Trinajstić information content (AvgIpc) is 2.47. The van der Waals surface area contributed by atoms with Crippen molar-refractivity contribution in [1.29, 1.82) is 0 Å². The van der Waals surface area contributed by atoms with Gasteiger partial charge in [-0.05, 0) is 24.3 Å². The number of carbonyl (C=O) groups is 1. The molecule has 116 valence electrons. The van der Waals surface area contributed by atoms with Crippen LogP contribution in [0.4, 0.5) is 19.3 Å². The van der Waals surface area contributed by atoms with E-state index < -0.39 is 17.7 Å². The highest BCUT2D eigenvalue weighted by atomic mass is 19.1. The van der Waals surface area contributed by atoms with Gasteiger partial charge in [0.05, 0.1) is 6.54 Å². The van der Waals surface area contributed by atoms with E-state index in [2.05, 4.69) is 5.32 Å². The van der Waals surface area contributed by atoms with Crippen LogP contribution in [-0.2, 0) is 0 Å². The van der Waals surface area contributed by atoms with Gasteiger partial charge in [0.2, 0.25) is 0 Å². The van der Waals surface area contributed by atoms with Gasteiger partial charge in [-0.3, -0.25) is 0 Å². The Bertz CT molecular complexity index is 615. The summed E-state index contributed by atoms with van der Waals surface area (Å²) in [6.07, 6.45) is 0. The van der Waals surface area contributed by atoms with E-state index in [0.717, 1.165) is 18.2 Å². The van der Waals surface area contributed by atoms with E-state index in [1.165, 1.54) is 4.90 Å². The Morgan fingerprint density at radius 2 is 1.77 bits per heavy atom. The van der Waals surface area contributed by atoms with Crippen LogP contribution in [0.25, 0.3) is 0 Å². The molecule has 0 saturated heterocycles. The summed E-state index contributed by atoms with van der Waals surface area (Å²) in [7, 11) is 1.57. The minimum Gasteiger partial charge on any atom is -0.492 e. The second kappa shape index (κ2) is 7.40. The monoisotopic (exact) mass is 306 g/mol. The smallest absolute Gasteiger partial charge is 0.321 e. The lowest BCUT2D eigenvalue weighted by molar-refractivity contribution is 0.207. The maximum atomic E-state index is 13.0. The number of nitrogens with one attached hydrogen (secondary N) is 1. The number of nitrogens with zero attached hydrogens (tertiary/aromatic N) is 1. The number of ether oxygens (including phenoxy) is 1. The first-order valence-electron chi connectivity index (χ1n) is 6.70. The number of carbonyl (C=O) groups excluding carboxylic acids is 1. The van der Waals surface area contributed by atoms with E-state index in [0.29, 0.717) is 18.9 Å². The van der Waals surface area contributed by atoms with Gasteiger partial charge in [0.25, 0.3) is 0 Å². The maximum absolute atomic E-state index is 13.0. The number of para-hydroxylation sites is 1. The first-order valence-corrected chi connectivity index (χ1v) is 6.70. The molecule has 0 atom stereocenters. The predicted molar refractivity (Wildman–Crippen MR) is 79.9 cm³/mol. The first-order chi connectivity index (χ1) is 10.5. The lowest BCUT2D eigenvalue weighted by atomic mass is 10.3. The Kier molecular flexibility index (Phi) is 5.30. The fourth-order valence-electron chi connectivity index (χ4n) is 1.76. The fourth-order valence-corrected chi connectivity index (χ4v) is 1.76. The molecule has 0 aliphatic heterocycles. The fraction of sp³-hybridized carbons (Fsp3) is 0.188. The molecule has 2 rings (SSSR count). The number of rotatable bonds is 5. The van der Waals surface area contributed by atoms with Crippen molar-refractivity contribution in [1.82, 2.24) is 4.90 Å². The van der Waals surface area contributed by atoms with E-state index in [4.69, 9.17) is 4.74 Å². The van der Waals surface area contributed by atoms with Crippen LogP contribution in [0.2, 0.25) is 0 Å². The van der Waals surface area contributed by atoms with Gasteiger partial charge in [-0.25, -0.2) is 13.6 Å². The van der Waals surface area contributed by atoms with Gasteiger partial charge in [0, 0.05) is 18.8 Å². The molecular weight excluding hydrogens is 290 g/mol. The van der Waals surface area contributed by atoms with E-state index >= 15 is 0 Å². The summed E-state index contributed by atoms with van der Waals surface area (Å²) in [5, 5.41) is 2.42. The van der Waals surface area contributed by atoms with E-state index in [1.807, 2.05) is 30.3 Å². The largest absolute Gasteiger partial charge is 0.492 e. The molecule has 22 heavy (non-hydrogen) atoms. The number of hydrogen-bond acceptors (Lipinski definition) is 2. The van der Waals surface area contributed by atoms with Crippen LogP contribution in [0, 0.1) is 11.6 Å². The molecule has 2 aromatic carbocycles. The molecule has 0 aromatic heterocycles. The standard InChI is InChI=1S/C16H16F2N2O2/c1-20(7-8-22-15-5-3-2-4-6-15)16(21)19-14-10-12(17)9-13(18)11-14/h2-6,9-11H,7-8H2,1H3,(H,19,21). The van der Waals surface area contributed by atoms with Crippen LogP contribution in [0.5, 0.6) is 5.75 Å². The van der Waals surface area contributed by atoms with E-state index in [9.17, 15) is 13.6 Å². The third-order valence-electron chi connectivity index (χ3n) is 2.90. The van der Waals surface area contributed by atoms with Crippen LogP contribution in [-0.4, -0.2) is 31.1 Å². The molecule has 4 nitrogen and oxygen atoms in total. The molecule has 1 N–H and O–H groups in total. The summed E-state index contributed by atoms with van der Waals surface area (Å²) in [6, 6.07) is 11.6. The second-order valence-electron chi connectivity index (χ2n) is 4.67. The van der Waals surface area contributed by atoms with E-state index in [-0.39, 0.29) is 5.69 Å². The summed E-state index contributed by atoms with van der Waals surface area (Å²) in [5.74, 6) is -0.778. The average molecular weight is 306 g/mol. The molecule has 0 aliphatic carbocycles. The molecular formula is C16H16F2N2O2. The molecule has 2 aromatic rings. The van der Waals surface area contributed by atoms with Crippen molar-refractivity contribution in [2.75, 3.05) is 25.5 Å². The molecule has 0 radical (unpaired) electrons. The van der Waals surface area contributed by atoms with Gasteiger partial charge >= 0.3 is 6.03 Å². The van der Waals surface area contributed by atoms with Crippen molar-refractivity contribution in [3.8, 4) is 5.75 Å². The van der Waals surface area contributed by atoms with Crippen molar-refractivity contribution < 1.29 is 18.3 Å². The number of anilines is 1. The van der Waals surface area contributed by atoms with E-state index in [1.54, 1.807) is 7.05 Å². The third-order valence-corrected chi connectivity index (χ3v) is 2.90. The lowest BCUT2D eigenvalue weighted by Crippen LogP contribution is -2.34. The van der Waals surface area contributed by atoms with Crippen molar-refractivity contribution in [3.05, 3.63) is 60.2 Å². The number of likely N-dealkylation sites (N-methyl/N-ethyl adjacent to an activating group) is 1. The summed E-state index contributed by atoms with van der Waals surface area (Å²) >= 11 is 0. The first kappa shape index (κ1) is 15.8. The van der Waals surface area contributed by atoms with Crippen LogP contribution < -0.4 is 10.1 Å². The molecule has 0 bridgehead atoms. The summed E-state index contributed by atoms with van der Waals surface area (Å²) in [4.78, 5) is 13.3. The van der Waals surface area contributed by atoms with Crippen LogP contribution >= 0.6 is 0 Å². The van der Waals surface area contributed by atoms with Crippen LogP contribution in [0.1, 0.15) is 0 Å². The minimum atomic E-state index is -0.745. The third kappa shape index (κ3) is 4.73. The van der Waals surface area contributed by atoms with Crippen molar-refractivity contribution >= 4 is 11.7 Å². The topological polar surface area (TPSA) is 41.6 Å². The van der Waals surface area contributed by atoms with Crippen molar-refractivity contribution in [2.45, 2.75) is 0 Å². The number of halogens is 2. The summed E-state index contributed by atoms with van der Waals surface area (Å²) < 4.78 is 31.6. The molecule has 2 amide bonds. The zero-order valence-electron chi connectivity index (χ0n) is 12.1. The molecule has 6 heteroatoms. The predicted octanol–water partition coefficient (Wildman–Crippen LogP) is 3.51. The van der Waals surface area contributed by atoms with Gasteiger partial charge in [-0.2, -0.15) is 0 Å². The number of benzene rings is 2. The van der Waals surface area contributed by atoms with Crippen LogP contribution in [0.15, 0.2) is 48.5 Å². The normalized spacial score (nSPS) is 10.1. The SMILES string of the molecule is CN(CCOc1ccccc1)C(=O)Nc1cc(F)cc(F)c1. The van der Waals surface area contributed by atoms with Crippen molar-refractivity contribution in [2.24, 2.45) is 0 Å². The Balaban J connectivity index is 1.81. The van der Waals surface area contributed by atoms with Crippen molar-refractivity contribution in [3.63, 3.8) is 0 Å². The zero-order valence-corrected chi connectivity index (χ0v) is 12.1. The van der Waals surface area contributed by atoms with Gasteiger partial charge in [-0.1, -0.05) is 18.2 Å². The summed E-state index contributed by atoms with van der Waals surface area (Å²) in [5.41, 5.74) is 0.0679.